The van der Waals surface area contributed by atoms with Crippen LogP contribution in [0.4, 0.5) is 5.13 Å². The van der Waals surface area contributed by atoms with Gasteiger partial charge >= 0.3 is 13.1 Å². The van der Waals surface area contributed by atoms with E-state index in [1.54, 1.807) is 29.7 Å². The predicted molar refractivity (Wildman–Crippen MR) is 89.3 cm³/mol. The molecule has 124 valence electrons. The maximum Gasteiger partial charge on any atom is 0.522 e. The number of hydrogen-bond donors (Lipinski definition) is 2. The molecule has 0 atom stereocenters. The lowest BCUT2D eigenvalue weighted by atomic mass is 9.78. The summed E-state index contributed by atoms with van der Waals surface area (Å²) in [4.78, 5) is 18.0. The van der Waals surface area contributed by atoms with Crippen molar-refractivity contribution in [3.05, 3.63) is 34.8 Å². The van der Waals surface area contributed by atoms with Crippen LogP contribution in [0, 0.1) is 0 Å². The van der Waals surface area contributed by atoms with Crippen molar-refractivity contribution in [3.63, 3.8) is 0 Å². The van der Waals surface area contributed by atoms with Gasteiger partial charge in [-0.3, -0.25) is 0 Å². The minimum Gasteiger partial charge on any atom is -0.535 e. The van der Waals surface area contributed by atoms with Gasteiger partial charge in [-0.05, 0) is 24.4 Å². The maximum atomic E-state index is 11.7. The maximum absolute atomic E-state index is 11.7. The van der Waals surface area contributed by atoms with Gasteiger partial charge in [0.1, 0.15) is 23.2 Å². The summed E-state index contributed by atoms with van der Waals surface area (Å²) in [5, 5.41) is 22.1. The van der Waals surface area contributed by atoms with E-state index in [1.807, 2.05) is 5.38 Å². The van der Waals surface area contributed by atoms with Gasteiger partial charge in [-0.1, -0.05) is 6.07 Å². The summed E-state index contributed by atoms with van der Waals surface area (Å²) in [6.45, 7) is 1.32. The Morgan fingerprint density at radius 2 is 2.29 bits per heavy atom. The molecule has 1 fully saturated rings. The van der Waals surface area contributed by atoms with Crippen LogP contribution in [0.2, 0.25) is 6.32 Å². The summed E-state index contributed by atoms with van der Waals surface area (Å²) >= 11 is 1.56. The number of carboxylic acid groups (broad SMARTS) is 1. The highest BCUT2D eigenvalue weighted by Gasteiger charge is 2.34. The van der Waals surface area contributed by atoms with Crippen LogP contribution < -0.4 is 14.3 Å². The smallest absolute Gasteiger partial charge is 0.522 e. The molecule has 1 saturated heterocycles. The number of carbonyl (C=O) groups is 1. The molecule has 2 aliphatic heterocycles. The average Bonchev–Trinajstić information content (AvgIpc) is 3.03. The van der Waals surface area contributed by atoms with Gasteiger partial charge in [0.05, 0.1) is 13.1 Å². The van der Waals surface area contributed by atoms with Crippen molar-refractivity contribution in [2.24, 2.45) is 0 Å². The number of nitrogens with zero attached hydrogens (tertiary/aromatic N) is 2. The number of aryl methyl sites for hydroxylation is 1. The number of thiazole rings is 1. The lowest BCUT2D eigenvalue weighted by molar-refractivity contribution is 0.0684. The molecule has 4 rings (SSSR count). The van der Waals surface area contributed by atoms with Crippen LogP contribution in [0.25, 0.3) is 0 Å². The second kappa shape index (κ2) is 5.99. The highest BCUT2D eigenvalue weighted by Crippen LogP contribution is 2.37. The fourth-order valence-corrected chi connectivity index (χ4v) is 3.60. The number of aromatic nitrogens is 1. The lowest BCUT2D eigenvalue weighted by Crippen LogP contribution is -2.54. The molecule has 0 spiro atoms. The standard InChI is InChI=1S/C15H15BN2O5S/c19-14(20)12-11(2-1-9-3-4-16(21)23-13(9)12)22-10-7-18(8-10)15-17-5-6-24-15/h1-2,5-6,10,21H,3-4,7-8H2,(H,19,20). The first-order valence-electron chi connectivity index (χ1n) is 7.67. The van der Waals surface area contributed by atoms with Gasteiger partial charge in [0.25, 0.3) is 0 Å². The van der Waals surface area contributed by atoms with Crippen molar-refractivity contribution in [2.45, 2.75) is 18.8 Å². The Balaban J connectivity index is 1.53. The van der Waals surface area contributed by atoms with E-state index in [1.165, 1.54) is 0 Å². The fraction of sp³-hybridized carbons (Fsp3) is 0.333. The number of rotatable bonds is 4. The van der Waals surface area contributed by atoms with E-state index in [0.29, 0.717) is 25.8 Å². The normalized spacial score (nSPS) is 17.0. The van der Waals surface area contributed by atoms with Gasteiger partial charge in [0.15, 0.2) is 5.13 Å². The minimum atomic E-state index is -1.12. The first-order chi connectivity index (χ1) is 11.6. The molecule has 0 unspecified atom stereocenters. The molecule has 0 bridgehead atoms. The Kier molecular flexibility index (Phi) is 3.81. The highest BCUT2D eigenvalue weighted by atomic mass is 32.1. The molecule has 2 aliphatic rings. The van der Waals surface area contributed by atoms with E-state index in [0.717, 1.165) is 10.7 Å². The molecule has 0 aliphatic carbocycles. The fourth-order valence-electron chi connectivity index (χ4n) is 2.93. The zero-order chi connectivity index (χ0) is 16.7. The van der Waals surface area contributed by atoms with E-state index < -0.39 is 13.1 Å². The van der Waals surface area contributed by atoms with Crippen molar-refractivity contribution in [3.8, 4) is 11.5 Å². The molecular formula is C15H15BN2O5S. The second-order valence-electron chi connectivity index (χ2n) is 5.80. The van der Waals surface area contributed by atoms with Crippen LogP contribution in [0.1, 0.15) is 15.9 Å². The summed E-state index contributed by atoms with van der Waals surface area (Å²) in [5.74, 6) is -0.624. The van der Waals surface area contributed by atoms with Gasteiger partial charge in [-0.15, -0.1) is 11.3 Å². The topological polar surface area (TPSA) is 92.1 Å². The van der Waals surface area contributed by atoms with Crippen LogP contribution in [0.3, 0.4) is 0 Å². The number of ether oxygens (including phenoxy) is 1. The molecule has 0 radical (unpaired) electrons. The van der Waals surface area contributed by atoms with Gasteiger partial charge in [0.2, 0.25) is 0 Å². The van der Waals surface area contributed by atoms with Crippen LogP contribution in [-0.2, 0) is 6.42 Å². The summed E-state index contributed by atoms with van der Waals surface area (Å²) in [5.41, 5.74) is 0.766. The SMILES string of the molecule is O=C(O)c1c(OC2CN(c3nccs3)C2)ccc2c1OB(O)CC2. The molecule has 24 heavy (non-hydrogen) atoms. The molecule has 2 aromatic rings. The molecule has 7 nitrogen and oxygen atoms in total. The lowest BCUT2D eigenvalue weighted by Gasteiger charge is -2.39. The zero-order valence-corrected chi connectivity index (χ0v) is 13.5. The van der Waals surface area contributed by atoms with Crippen molar-refractivity contribution in [1.82, 2.24) is 4.98 Å². The quantitative estimate of drug-likeness (QED) is 0.811. The number of anilines is 1. The number of fused-ring (bicyclic) bond motifs is 1. The van der Waals surface area contributed by atoms with Crippen molar-refractivity contribution in [2.75, 3.05) is 18.0 Å². The van der Waals surface area contributed by atoms with Crippen molar-refractivity contribution in [1.29, 1.82) is 0 Å². The molecule has 3 heterocycles. The average molecular weight is 346 g/mol. The largest absolute Gasteiger partial charge is 0.535 e. The Morgan fingerprint density at radius 1 is 1.46 bits per heavy atom. The summed E-state index contributed by atoms with van der Waals surface area (Å²) in [6, 6.07) is 3.48. The minimum absolute atomic E-state index is 0.0149. The molecule has 0 amide bonds. The van der Waals surface area contributed by atoms with Crippen LogP contribution >= 0.6 is 11.3 Å². The molecule has 1 aromatic carbocycles. The Labute approximate surface area is 142 Å². The second-order valence-corrected chi connectivity index (χ2v) is 6.68. The number of hydrogen-bond acceptors (Lipinski definition) is 7. The predicted octanol–water partition coefficient (Wildman–Crippen LogP) is 1.52. The molecule has 1 aromatic heterocycles. The molecular weight excluding hydrogens is 331 g/mol. The monoisotopic (exact) mass is 346 g/mol. The molecule has 2 N–H and O–H groups in total. The Hall–Kier alpha value is -2.26. The third kappa shape index (κ3) is 2.69. The summed E-state index contributed by atoms with van der Waals surface area (Å²) < 4.78 is 11.2. The highest BCUT2D eigenvalue weighted by molar-refractivity contribution is 7.13. The van der Waals surface area contributed by atoms with Gasteiger partial charge in [-0.25, -0.2) is 9.78 Å². The molecule has 0 saturated carbocycles. The Bertz CT molecular complexity index is 763. The third-order valence-electron chi connectivity index (χ3n) is 4.16. The van der Waals surface area contributed by atoms with Crippen molar-refractivity contribution < 1.29 is 24.3 Å². The van der Waals surface area contributed by atoms with E-state index in [2.05, 4.69) is 9.88 Å². The van der Waals surface area contributed by atoms with Crippen LogP contribution in [0.5, 0.6) is 11.5 Å². The van der Waals surface area contributed by atoms with Crippen LogP contribution in [0.15, 0.2) is 23.7 Å². The van der Waals surface area contributed by atoms with Crippen LogP contribution in [-0.4, -0.2) is 47.4 Å². The number of carboxylic acids is 1. The van der Waals surface area contributed by atoms with Gasteiger partial charge < -0.3 is 24.4 Å². The number of aromatic carboxylic acids is 1. The van der Waals surface area contributed by atoms with Gasteiger partial charge in [0, 0.05) is 11.6 Å². The van der Waals surface area contributed by atoms with E-state index in [4.69, 9.17) is 9.39 Å². The first-order valence-corrected chi connectivity index (χ1v) is 8.55. The Morgan fingerprint density at radius 3 is 3.00 bits per heavy atom. The zero-order valence-electron chi connectivity index (χ0n) is 12.7. The first kappa shape index (κ1) is 15.3. The van der Waals surface area contributed by atoms with E-state index >= 15 is 0 Å². The summed E-state index contributed by atoms with van der Waals surface area (Å²) in [7, 11) is -0.977. The number of benzene rings is 1. The van der Waals surface area contributed by atoms with Crippen molar-refractivity contribution >= 4 is 29.6 Å². The molecule has 9 heteroatoms. The third-order valence-corrected chi connectivity index (χ3v) is 4.99. The van der Waals surface area contributed by atoms with E-state index in [9.17, 15) is 14.9 Å². The van der Waals surface area contributed by atoms with E-state index in [-0.39, 0.29) is 23.2 Å². The summed E-state index contributed by atoms with van der Waals surface area (Å²) in [6.07, 6.45) is 2.69. The van der Waals surface area contributed by atoms with Gasteiger partial charge in [-0.2, -0.15) is 0 Å².